The molecule has 0 aromatic rings. The number of guanidine groups is 1. The summed E-state index contributed by atoms with van der Waals surface area (Å²) in [7, 11) is 6.09. The summed E-state index contributed by atoms with van der Waals surface area (Å²) in [4.78, 5) is 7.13. The number of methoxy groups -OCH3 is 1. The van der Waals surface area contributed by atoms with E-state index in [2.05, 4.69) is 36.6 Å². The molecule has 1 rings (SSSR count). The molecule has 0 heterocycles. The van der Waals surface area contributed by atoms with Crippen LogP contribution in [0.15, 0.2) is 4.99 Å². The normalized spacial score (nSPS) is 16.1. The number of aliphatic imine (C=N–C) groups is 1. The molecule has 0 unspecified atom stereocenters. The minimum Gasteiger partial charge on any atom is -0.385 e. The molecule has 0 atom stereocenters. The Balaban J connectivity index is 0.00000625. The van der Waals surface area contributed by atoms with Crippen molar-refractivity contribution in [1.82, 2.24) is 15.5 Å². The van der Waals surface area contributed by atoms with Crippen molar-refractivity contribution in [3.63, 3.8) is 0 Å². The van der Waals surface area contributed by atoms with Gasteiger partial charge in [-0.25, -0.2) is 0 Å². The maximum atomic E-state index is 5.28. The van der Waals surface area contributed by atoms with Crippen molar-refractivity contribution in [2.75, 3.05) is 54.0 Å². The van der Waals surface area contributed by atoms with Crippen LogP contribution in [0.1, 0.15) is 64.7 Å². The molecule has 0 aromatic carbocycles. The van der Waals surface area contributed by atoms with E-state index in [4.69, 9.17) is 9.73 Å². The first-order chi connectivity index (χ1) is 12.1. The van der Waals surface area contributed by atoms with Gasteiger partial charge >= 0.3 is 0 Å². The summed E-state index contributed by atoms with van der Waals surface area (Å²) in [5, 5.41) is 6.89. The second-order valence-corrected chi connectivity index (χ2v) is 7.79. The lowest BCUT2D eigenvalue weighted by Gasteiger charge is -2.40. The Morgan fingerprint density at radius 3 is 2.35 bits per heavy atom. The van der Waals surface area contributed by atoms with Gasteiger partial charge < -0.3 is 20.3 Å². The third-order valence-corrected chi connectivity index (χ3v) is 5.24. The number of ether oxygens (including phenoxy) is 1. The van der Waals surface area contributed by atoms with E-state index in [1.165, 1.54) is 57.9 Å². The van der Waals surface area contributed by atoms with Crippen LogP contribution in [0.3, 0.4) is 0 Å². The van der Waals surface area contributed by atoms with Crippen LogP contribution >= 0.6 is 24.0 Å². The van der Waals surface area contributed by atoms with Gasteiger partial charge in [-0.1, -0.05) is 25.7 Å². The van der Waals surface area contributed by atoms with E-state index in [0.717, 1.165) is 38.6 Å². The molecule has 0 aromatic heterocycles. The van der Waals surface area contributed by atoms with Gasteiger partial charge in [0.25, 0.3) is 0 Å². The Labute approximate surface area is 179 Å². The molecule has 5 nitrogen and oxygen atoms in total. The van der Waals surface area contributed by atoms with Crippen LogP contribution in [0.5, 0.6) is 0 Å². The Kier molecular flexibility index (Phi) is 15.9. The molecule has 0 saturated heterocycles. The molecule has 0 amide bonds. The summed E-state index contributed by atoms with van der Waals surface area (Å²) in [6.45, 7) is 7.06. The molecule has 26 heavy (non-hydrogen) atoms. The molecule has 0 aliphatic heterocycles. The number of hydrogen-bond acceptors (Lipinski definition) is 3. The Morgan fingerprint density at radius 2 is 1.77 bits per heavy atom. The van der Waals surface area contributed by atoms with E-state index in [9.17, 15) is 0 Å². The first-order valence-corrected chi connectivity index (χ1v) is 10.3. The maximum Gasteiger partial charge on any atom is 0.191 e. The standard InChI is InChI=1S/C20H42N4O.HI/c1-5-21-19(22-15-9-7-6-8-10-16-24(2)3)23-18-20(12-11-13-20)14-17-25-4;/h5-18H2,1-4H3,(H2,21,22,23);1H. The van der Waals surface area contributed by atoms with Crippen molar-refractivity contribution >= 4 is 29.9 Å². The highest BCUT2D eigenvalue weighted by Gasteiger charge is 2.36. The molecule has 1 fully saturated rings. The van der Waals surface area contributed by atoms with Crippen molar-refractivity contribution in [3.8, 4) is 0 Å². The van der Waals surface area contributed by atoms with Crippen LogP contribution in [-0.2, 0) is 4.74 Å². The molecule has 156 valence electrons. The lowest BCUT2D eigenvalue weighted by Crippen LogP contribution is -2.40. The summed E-state index contributed by atoms with van der Waals surface area (Å²) in [6, 6.07) is 0. The highest BCUT2D eigenvalue weighted by Crippen LogP contribution is 2.44. The summed E-state index contributed by atoms with van der Waals surface area (Å²) in [6.07, 6.45) is 11.6. The third-order valence-electron chi connectivity index (χ3n) is 5.24. The van der Waals surface area contributed by atoms with Crippen molar-refractivity contribution < 1.29 is 4.74 Å². The van der Waals surface area contributed by atoms with Crippen molar-refractivity contribution in [1.29, 1.82) is 0 Å². The summed E-state index contributed by atoms with van der Waals surface area (Å²) < 4.78 is 5.28. The SMILES string of the molecule is CCNC(=NCC1(CCOC)CCC1)NCCCCCCCN(C)C.I. The van der Waals surface area contributed by atoms with Crippen molar-refractivity contribution in [3.05, 3.63) is 0 Å². The van der Waals surface area contributed by atoms with Crippen molar-refractivity contribution in [2.24, 2.45) is 10.4 Å². The number of hydrogen-bond donors (Lipinski definition) is 2. The molecule has 1 aliphatic carbocycles. The highest BCUT2D eigenvalue weighted by molar-refractivity contribution is 14.0. The van der Waals surface area contributed by atoms with Gasteiger partial charge in [-0.15, -0.1) is 24.0 Å². The third kappa shape index (κ3) is 11.6. The summed E-state index contributed by atoms with van der Waals surface area (Å²) in [5.41, 5.74) is 0.394. The molecular weight excluding hydrogens is 439 g/mol. The first kappa shape index (κ1) is 25.9. The average Bonchev–Trinajstić information content (AvgIpc) is 2.55. The van der Waals surface area contributed by atoms with E-state index in [1.54, 1.807) is 7.11 Å². The molecule has 2 N–H and O–H groups in total. The van der Waals surface area contributed by atoms with Gasteiger partial charge in [-0.05, 0) is 65.1 Å². The number of nitrogens with one attached hydrogen (secondary N) is 2. The molecule has 0 radical (unpaired) electrons. The minimum atomic E-state index is 0. The fourth-order valence-corrected chi connectivity index (χ4v) is 3.36. The number of nitrogens with zero attached hydrogens (tertiary/aromatic N) is 2. The molecule has 1 aliphatic rings. The van der Waals surface area contributed by atoms with Crippen LogP contribution in [0.4, 0.5) is 0 Å². The number of rotatable bonds is 14. The fourth-order valence-electron chi connectivity index (χ4n) is 3.36. The van der Waals surface area contributed by atoms with Crippen LogP contribution in [0.25, 0.3) is 0 Å². The monoisotopic (exact) mass is 482 g/mol. The predicted molar refractivity (Wildman–Crippen MR) is 124 cm³/mol. The van der Waals surface area contributed by atoms with Crippen LogP contribution in [-0.4, -0.2) is 64.9 Å². The summed E-state index contributed by atoms with van der Waals surface area (Å²) >= 11 is 0. The van der Waals surface area contributed by atoms with E-state index < -0.39 is 0 Å². The quantitative estimate of drug-likeness (QED) is 0.171. The van der Waals surface area contributed by atoms with Gasteiger partial charge in [0.05, 0.1) is 0 Å². The molecule has 1 saturated carbocycles. The molecular formula is C20H43IN4O. The minimum absolute atomic E-state index is 0. The molecule has 0 spiro atoms. The van der Waals surface area contributed by atoms with Crippen molar-refractivity contribution in [2.45, 2.75) is 64.7 Å². The second kappa shape index (κ2) is 15.9. The van der Waals surface area contributed by atoms with Crippen LogP contribution < -0.4 is 10.6 Å². The predicted octanol–water partition coefficient (Wildman–Crippen LogP) is 3.88. The van der Waals surface area contributed by atoms with E-state index >= 15 is 0 Å². The Morgan fingerprint density at radius 1 is 1.08 bits per heavy atom. The zero-order valence-electron chi connectivity index (χ0n) is 17.6. The van der Waals surface area contributed by atoms with Crippen LogP contribution in [0.2, 0.25) is 0 Å². The summed E-state index contributed by atoms with van der Waals surface area (Å²) in [5.74, 6) is 0.985. The number of unbranched alkanes of at least 4 members (excludes halogenated alkanes) is 4. The second-order valence-electron chi connectivity index (χ2n) is 7.79. The van der Waals surface area contributed by atoms with E-state index in [1.807, 2.05) is 0 Å². The van der Waals surface area contributed by atoms with Gasteiger partial charge in [-0.2, -0.15) is 0 Å². The zero-order valence-corrected chi connectivity index (χ0v) is 19.9. The van der Waals surface area contributed by atoms with E-state index in [-0.39, 0.29) is 24.0 Å². The Hall–Kier alpha value is -0.0800. The van der Waals surface area contributed by atoms with Gasteiger partial charge in [0.2, 0.25) is 0 Å². The molecule has 6 heteroatoms. The van der Waals surface area contributed by atoms with Gasteiger partial charge in [0.1, 0.15) is 0 Å². The maximum absolute atomic E-state index is 5.28. The van der Waals surface area contributed by atoms with E-state index in [0.29, 0.717) is 5.41 Å². The number of halogens is 1. The lowest BCUT2D eigenvalue weighted by atomic mass is 9.67. The first-order valence-electron chi connectivity index (χ1n) is 10.3. The van der Waals surface area contributed by atoms with Gasteiger partial charge in [0.15, 0.2) is 5.96 Å². The zero-order chi connectivity index (χ0) is 18.4. The highest BCUT2D eigenvalue weighted by atomic mass is 127. The fraction of sp³-hybridized carbons (Fsp3) is 0.950. The van der Waals surface area contributed by atoms with Gasteiger partial charge in [-0.3, -0.25) is 4.99 Å². The molecule has 0 bridgehead atoms. The Bertz CT molecular complexity index is 360. The smallest absolute Gasteiger partial charge is 0.191 e. The van der Waals surface area contributed by atoms with Crippen LogP contribution in [0, 0.1) is 5.41 Å². The topological polar surface area (TPSA) is 48.9 Å². The lowest BCUT2D eigenvalue weighted by molar-refractivity contribution is 0.0778. The average molecular weight is 482 g/mol. The largest absolute Gasteiger partial charge is 0.385 e. The van der Waals surface area contributed by atoms with Gasteiger partial charge in [0, 0.05) is 33.4 Å².